The summed E-state index contributed by atoms with van der Waals surface area (Å²) in [4.78, 5) is 29.0. The van der Waals surface area contributed by atoms with Gasteiger partial charge in [0, 0.05) is 29.1 Å². The molecule has 1 N–H and O–H groups in total. The molecule has 0 saturated heterocycles. The Morgan fingerprint density at radius 3 is 2.31 bits per heavy atom. The number of nitrogens with zero attached hydrogens (tertiary/aromatic N) is 1. The monoisotopic (exact) mass is 526 g/mol. The molecule has 0 aliphatic heterocycles. The molecule has 1 atom stereocenters. The number of hydrogen-bond donors (Lipinski definition) is 1. The lowest BCUT2D eigenvalue weighted by Crippen LogP contribution is -2.52. The van der Waals surface area contributed by atoms with Crippen LogP contribution in [0.5, 0.6) is 0 Å². The van der Waals surface area contributed by atoms with Crippen LogP contribution in [-0.4, -0.2) is 28.8 Å². The molecular weight excluding hydrogens is 498 g/mol. The molecule has 0 heterocycles. The Hall–Kier alpha value is -2.89. The molecule has 0 radical (unpaired) electrons. The minimum atomic E-state index is -0.743. The second-order valence-electron chi connectivity index (χ2n) is 9.26. The van der Waals surface area contributed by atoms with Gasteiger partial charge in [-0.25, -0.2) is 4.39 Å². The maximum Gasteiger partial charge on any atom is 0.243 e. The Bertz CT molecular complexity index is 1180. The SMILES string of the molecule is O=C(NC1CCCC1)[C@@H](Cc1ccccc1)N(Cc1ccc(Cl)cc1Cl)C(=O)Cc1ccc(F)cc1. The van der Waals surface area contributed by atoms with Gasteiger partial charge in [0.1, 0.15) is 11.9 Å². The van der Waals surface area contributed by atoms with Gasteiger partial charge in [0.05, 0.1) is 6.42 Å². The molecule has 0 spiro atoms. The van der Waals surface area contributed by atoms with Gasteiger partial charge in [-0.15, -0.1) is 0 Å². The van der Waals surface area contributed by atoms with Crippen molar-refractivity contribution in [3.8, 4) is 0 Å². The van der Waals surface area contributed by atoms with Gasteiger partial charge < -0.3 is 10.2 Å². The number of carbonyl (C=O) groups excluding carboxylic acids is 2. The summed E-state index contributed by atoms with van der Waals surface area (Å²) >= 11 is 12.6. The fourth-order valence-corrected chi connectivity index (χ4v) is 5.10. The molecule has 2 amide bonds. The molecule has 3 aromatic rings. The predicted octanol–water partition coefficient (Wildman–Crippen LogP) is 6.37. The zero-order chi connectivity index (χ0) is 25.5. The number of nitrogens with one attached hydrogen (secondary N) is 1. The summed E-state index contributed by atoms with van der Waals surface area (Å²) < 4.78 is 13.4. The van der Waals surface area contributed by atoms with E-state index in [-0.39, 0.29) is 36.6 Å². The number of amides is 2. The summed E-state index contributed by atoms with van der Waals surface area (Å²) in [5.41, 5.74) is 2.31. The minimum absolute atomic E-state index is 0.0352. The van der Waals surface area contributed by atoms with Crippen molar-refractivity contribution in [1.82, 2.24) is 10.2 Å². The third-order valence-corrected chi connectivity index (χ3v) is 7.18. The molecular formula is C29H29Cl2FN2O2. The van der Waals surface area contributed by atoms with Crippen molar-refractivity contribution < 1.29 is 14.0 Å². The third kappa shape index (κ3) is 7.08. The molecule has 3 aromatic carbocycles. The van der Waals surface area contributed by atoms with E-state index in [1.807, 2.05) is 30.3 Å². The average Bonchev–Trinajstić information content (AvgIpc) is 3.37. The highest BCUT2D eigenvalue weighted by Gasteiger charge is 2.32. The molecule has 0 aromatic heterocycles. The van der Waals surface area contributed by atoms with Crippen molar-refractivity contribution in [3.05, 3.63) is 105 Å². The summed E-state index contributed by atoms with van der Waals surface area (Å²) in [6, 6.07) is 20.0. The first-order chi connectivity index (χ1) is 17.4. The van der Waals surface area contributed by atoms with Crippen molar-refractivity contribution in [2.75, 3.05) is 0 Å². The van der Waals surface area contributed by atoms with Crippen molar-refractivity contribution in [2.45, 2.75) is 57.2 Å². The van der Waals surface area contributed by atoms with E-state index >= 15 is 0 Å². The lowest BCUT2D eigenvalue weighted by atomic mass is 10.0. The van der Waals surface area contributed by atoms with Gasteiger partial charge in [-0.3, -0.25) is 9.59 Å². The van der Waals surface area contributed by atoms with Crippen molar-refractivity contribution in [1.29, 1.82) is 0 Å². The highest BCUT2D eigenvalue weighted by atomic mass is 35.5. The van der Waals surface area contributed by atoms with E-state index in [0.29, 0.717) is 27.6 Å². The molecule has 188 valence electrons. The van der Waals surface area contributed by atoms with Crippen LogP contribution in [0.2, 0.25) is 10.0 Å². The number of halogens is 3. The maximum atomic E-state index is 13.7. The van der Waals surface area contributed by atoms with Crippen LogP contribution in [0, 0.1) is 5.82 Å². The van der Waals surface area contributed by atoms with E-state index in [9.17, 15) is 14.0 Å². The van der Waals surface area contributed by atoms with E-state index in [1.165, 1.54) is 12.1 Å². The zero-order valence-electron chi connectivity index (χ0n) is 19.9. The molecule has 36 heavy (non-hydrogen) atoms. The highest BCUT2D eigenvalue weighted by Crippen LogP contribution is 2.25. The smallest absolute Gasteiger partial charge is 0.243 e. The Labute approximate surface area is 221 Å². The normalized spacial score (nSPS) is 14.4. The van der Waals surface area contributed by atoms with Crippen LogP contribution in [0.1, 0.15) is 42.4 Å². The Kier molecular flexibility index (Phi) is 9.00. The standard InChI is InChI=1S/C29H29Cl2FN2O2/c30-23-13-12-22(26(31)18-23)19-34(28(35)17-21-10-14-24(32)15-11-21)27(16-20-6-2-1-3-7-20)29(36)33-25-8-4-5-9-25/h1-3,6-7,10-15,18,25,27H,4-5,8-9,16-17,19H2,(H,33,36)/t27-/m1/s1. The van der Waals surface area contributed by atoms with Gasteiger partial charge in [-0.2, -0.15) is 0 Å². The molecule has 0 bridgehead atoms. The first-order valence-electron chi connectivity index (χ1n) is 12.2. The van der Waals surface area contributed by atoms with E-state index in [2.05, 4.69) is 5.32 Å². The van der Waals surface area contributed by atoms with Gasteiger partial charge in [0.2, 0.25) is 11.8 Å². The molecule has 1 fully saturated rings. The summed E-state index contributed by atoms with van der Waals surface area (Å²) in [6.07, 6.45) is 4.45. The molecule has 7 heteroatoms. The summed E-state index contributed by atoms with van der Waals surface area (Å²) in [5.74, 6) is -0.785. The van der Waals surface area contributed by atoms with Crippen LogP contribution in [0.15, 0.2) is 72.8 Å². The molecule has 1 saturated carbocycles. The lowest BCUT2D eigenvalue weighted by Gasteiger charge is -2.32. The molecule has 1 aliphatic carbocycles. The number of benzene rings is 3. The topological polar surface area (TPSA) is 49.4 Å². The van der Waals surface area contributed by atoms with E-state index in [0.717, 1.165) is 31.2 Å². The average molecular weight is 527 g/mol. The number of hydrogen-bond acceptors (Lipinski definition) is 2. The minimum Gasteiger partial charge on any atom is -0.352 e. The molecule has 0 unspecified atom stereocenters. The van der Waals surface area contributed by atoms with Crippen LogP contribution in [0.4, 0.5) is 4.39 Å². The second-order valence-corrected chi connectivity index (χ2v) is 10.1. The quantitative estimate of drug-likeness (QED) is 0.352. The van der Waals surface area contributed by atoms with Crippen molar-refractivity contribution >= 4 is 35.0 Å². The van der Waals surface area contributed by atoms with Crippen LogP contribution in [0.25, 0.3) is 0 Å². The van der Waals surface area contributed by atoms with Gasteiger partial charge in [0.25, 0.3) is 0 Å². The van der Waals surface area contributed by atoms with Gasteiger partial charge >= 0.3 is 0 Å². The maximum absolute atomic E-state index is 13.7. The highest BCUT2D eigenvalue weighted by molar-refractivity contribution is 6.35. The summed E-state index contributed by atoms with van der Waals surface area (Å²) in [5, 5.41) is 4.10. The van der Waals surface area contributed by atoms with Gasteiger partial charge in [0.15, 0.2) is 0 Å². The zero-order valence-corrected chi connectivity index (χ0v) is 21.4. The van der Waals surface area contributed by atoms with Crippen LogP contribution < -0.4 is 5.32 Å². The number of carbonyl (C=O) groups is 2. The van der Waals surface area contributed by atoms with Crippen LogP contribution in [-0.2, 0) is 29.0 Å². The van der Waals surface area contributed by atoms with Crippen molar-refractivity contribution in [2.24, 2.45) is 0 Å². The second kappa shape index (κ2) is 12.4. The fraction of sp³-hybridized carbons (Fsp3) is 0.310. The summed E-state index contributed by atoms with van der Waals surface area (Å²) in [6.45, 7) is 0.144. The van der Waals surface area contributed by atoms with Crippen molar-refractivity contribution in [3.63, 3.8) is 0 Å². The molecule has 4 rings (SSSR count). The van der Waals surface area contributed by atoms with E-state index in [1.54, 1.807) is 35.2 Å². The van der Waals surface area contributed by atoms with Gasteiger partial charge in [-0.1, -0.05) is 84.6 Å². The summed E-state index contributed by atoms with van der Waals surface area (Å²) in [7, 11) is 0. The Morgan fingerprint density at radius 2 is 1.64 bits per heavy atom. The number of rotatable bonds is 9. The molecule has 4 nitrogen and oxygen atoms in total. The largest absolute Gasteiger partial charge is 0.352 e. The third-order valence-electron chi connectivity index (χ3n) is 6.60. The Morgan fingerprint density at radius 1 is 0.944 bits per heavy atom. The van der Waals surface area contributed by atoms with E-state index < -0.39 is 6.04 Å². The lowest BCUT2D eigenvalue weighted by molar-refractivity contribution is -0.141. The van der Waals surface area contributed by atoms with Crippen LogP contribution in [0.3, 0.4) is 0 Å². The van der Waals surface area contributed by atoms with Crippen LogP contribution >= 0.6 is 23.2 Å². The molecule has 1 aliphatic rings. The fourth-order valence-electron chi connectivity index (χ4n) is 4.63. The Balaban J connectivity index is 1.67. The first kappa shape index (κ1) is 26.2. The first-order valence-corrected chi connectivity index (χ1v) is 13.0. The van der Waals surface area contributed by atoms with E-state index in [4.69, 9.17) is 23.2 Å². The predicted molar refractivity (Wildman–Crippen MR) is 141 cm³/mol. The van der Waals surface area contributed by atoms with Gasteiger partial charge in [-0.05, 0) is 53.8 Å².